The molecule has 1 aromatic carbocycles. The molecule has 0 bridgehead atoms. The Morgan fingerprint density at radius 3 is 2.81 bits per heavy atom. The van der Waals surface area contributed by atoms with Crippen molar-refractivity contribution in [2.45, 2.75) is 13.2 Å². The first-order valence-corrected chi connectivity index (χ1v) is 8.03. The third-order valence-electron chi connectivity index (χ3n) is 4.06. The third-order valence-corrected chi connectivity index (χ3v) is 4.06. The molecule has 0 radical (unpaired) electrons. The SMILES string of the molecule is O=C1c2cc(COc3ccccc3O)nn2CCN1c1ccc(F)cn1. The topological polar surface area (TPSA) is 80.5 Å². The van der Waals surface area contributed by atoms with E-state index in [2.05, 4.69) is 10.1 Å². The van der Waals surface area contributed by atoms with Crippen LogP contribution in [-0.2, 0) is 13.2 Å². The normalized spacial score (nSPS) is 13.6. The number of fused-ring (bicyclic) bond motifs is 1. The minimum absolute atomic E-state index is 0.0427. The van der Waals surface area contributed by atoms with Crippen LogP contribution in [0.25, 0.3) is 0 Å². The summed E-state index contributed by atoms with van der Waals surface area (Å²) in [5.74, 6) is 0.0856. The number of hydrogen-bond donors (Lipinski definition) is 1. The summed E-state index contributed by atoms with van der Waals surface area (Å²) >= 11 is 0. The number of aromatic nitrogens is 3. The quantitative estimate of drug-likeness (QED) is 0.778. The number of benzene rings is 1. The molecule has 3 aromatic rings. The highest BCUT2D eigenvalue weighted by Gasteiger charge is 2.28. The monoisotopic (exact) mass is 354 g/mol. The van der Waals surface area contributed by atoms with Crippen molar-refractivity contribution < 1.29 is 19.0 Å². The van der Waals surface area contributed by atoms with Gasteiger partial charge in [0.2, 0.25) is 0 Å². The first-order valence-electron chi connectivity index (χ1n) is 8.03. The Morgan fingerprint density at radius 2 is 2.04 bits per heavy atom. The Morgan fingerprint density at radius 1 is 1.19 bits per heavy atom. The van der Waals surface area contributed by atoms with Gasteiger partial charge >= 0.3 is 0 Å². The van der Waals surface area contributed by atoms with Crippen LogP contribution in [0, 0.1) is 5.82 Å². The lowest BCUT2D eigenvalue weighted by atomic mass is 10.2. The Labute approximate surface area is 148 Å². The molecule has 132 valence electrons. The number of phenolic OH excluding ortho intramolecular Hbond substituents is 1. The first kappa shape index (κ1) is 16.1. The molecule has 0 saturated carbocycles. The number of amides is 1. The smallest absolute Gasteiger partial charge is 0.277 e. The fourth-order valence-electron chi connectivity index (χ4n) is 2.79. The van der Waals surface area contributed by atoms with Crippen molar-refractivity contribution in [3.63, 3.8) is 0 Å². The van der Waals surface area contributed by atoms with Gasteiger partial charge < -0.3 is 9.84 Å². The molecule has 2 aromatic heterocycles. The van der Waals surface area contributed by atoms with E-state index in [0.29, 0.717) is 36.0 Å². The van der Waals surface area contributed by atoms with Gasteiger partial charge in [-0.3, -0.25) is 14.4 Å². The highest BCUT2D eigenvalue weighted by molar-refractivity contribution is 6.05. The van der Waals surface area contributed by atoms with Gasteiger partial charge in [-0.2, -0.15) is 5.10 Å². The maximum atomic E-state index is 13.0. The highest BCUT2D eigenvalue weighted by Crippen LogP contribution is 2.26. The second-order valence-corrected chi connectivity index (χ2v) is 5.79. The second-order valence-electron chi connectivity index (χ2n) is 5.79. The number of para-hydroxylation sites is 2. The molecule has 3 heterocycles. The molecule has 7 nitrogen and oxygen atoms in total. The molecular formula is C18H15FN4O3. The van der Waals surface area contributed by atoms with Gasteiger partial charge in [0.15, 0.2) is 11.5 Å². The van der Waals surface area contributed by atoms with Gasteiger partial charge in [0.05, 0.1) is 12.7 Å². The van der Waals surface area contributed by atoms with E-state index >= 15 is 0 Å². The van der Waals surface area contributed by atoms with E-state index in [0.717, 1.165) is 6.20 Å². The molecule has 8 heteroatoms. The standard InChI is InChI=1S/C18H15FN4O3/c19-12-5-6-17(20-10-12)22-7-8-23-14(18(22)25)9-13(21-23)11-26-16-4-2-1-3-15(16)24/h1-6,9-10,24H,7-8,11H2. The molecule has 1 N–H and O–H groups in total. The molecule has 0 spiro atoms. The lowest BCUT2D eigenvalue weighted by Gasteiger charge is -2.26. The van der Waals surface area contributed by atoms with Crippen molar-refractivity contribution in [3.05, 3.63) is 65.9 Å². The zero-order chi connectivity index (χ0) is 18.1. The van der Waals surface area contributed by atoms with E-state index < -0.39 is 5.82 Å². The van der Waals surface area contributed by atoms with Gasteiger partial charge in [-0.1, -0.05) is 12.1 Å². The fourth-order valence-corrected chi connectivity index (χ4v) is 2.79. The lowest BCUT2D eigenvalue weighted by Crippen LogP contribution is -2.40. The largest absolute Gasteiger partial charge is 0.504 e. The number of ether oxygens (including phenoxy) is 1. The van der Waals surface area contributed by atoms with Crippen LogP contribution in [0.15, 0.2) is 48.7 Å². The number of rotatable bonds is 4. The minimum Gasteiger partial charge on any atom is -0.504 e. The highest BCUT2D eigenvalue weighted by atomic mass is 19.1. The molecule has 0 atom stereocenters. The van der Waals surface area contributed by atoms with Crippen LogP contribution in [0.3, 0.4) is 0 Å². The summed E-state index contributed by atoms with van der Waals surface area (Å²) in [5, 5.41) is 14.1. The van der Waals surface area contributed by atoms with Crippen molar-refractivity contribution in [1.29, 1.82) is 0 Å². The van der Waals surface area contributed by atoms with Gasteiger partial charge in [0.25, 0.3) is 5.91 Å². The van der Waals surface area contributed by atoms with Gasteiger partial charge in [-0.15, -0.1) is 0 Å². The van der Waals surface area contributed by atoms with E-state index in [9.17, 15) is 14.3 Å². The zero-order valence-electron chi connectivity index (χ0n) is 13.7. The van der Waals surface area contributed by atoms with Gasteiger partial charge in [0, 0.05) is 6.54 Å². The van der Waals surface area contributed by atoms with Crippen LogP contribution in [0.4, 0.5) is 10.2 Å². The Hall–Kier alpha value is -3.42. The molecule has 1 aliphatic rings. The maximum Gasteiger partial charge on any atom is 0.277 e. The molecule has 1 aliphatic heterocycles. The predicted octanol–water partition coefficient (Wildman–Crippen LogP) is 2.36. The third kappa shape index (κ3) is 2.97. The number of carbonyl (C=O) groups excluding carboxylic acids is 1. The molecule has 0 fully saturated rings. The van der Waals surface area contributed by atoms with Crippen LogP contribution >= 0.6 is 0 Å². The van der Waals surface area contributed by atoms with Crippen LogP contribution in [0.2, 0.25) is 0 Å². The Kier molecular flexibility index (Phi) is 4.00. The number of anilines is 1. The van der Waals surface area contributed by atoms with Crippen molar-refractivity contribution in [3.8, 4) is 11.5 Å². The van der Waals surface area contributed by atoms with Gasteiger partial charge in [-0.05, 0) is 30.3 Å². The summed E-state index contributed by atoms with van der Waals surface area (Å²) < 4.78 is 20.2. The Balaban J connectivity index is 1.52. The number of aromatic hydroxyl groups is 1. The maximum absolute atomic E-state index is 13.0. The lowest BCUT2D eigenvalue weighted by molar-refractivity contribution is 0.0961. The van der Waals surface area contributed by atoms with E-state index in [-0.39, 0.29) is 18.3 Å². The summed E-state index contributed by atoms with van der Waals surface area (Å²) in [6, 6.07) is 11.0. The summed E-state index contributed by atoms with van der Waals surface area (Å²) in [7, 11) is 0. The number of carbonyl (C=O) groups is 1. The molecular weight excluding hydrogens is 339 g/mol. The van der Waals surface area contributed by atoms with Gasteiger partial charge in [0.1, 0.15) is 29.6 Å². The van der Waals surface area contributed by atoms with Crippen molar-refractivity contribution in [2.24, 2.45) is 0 Å². The van der Waals surface area contributed by atoms with Crippen LogP contribution < -0.4 is 9.64 Å². The number of pyridine rings is 1. The zero-order valence-corrected chi connectivity index (χ0v) is 13.7. The number of halogens is 1. The molecule has 1 amide bonds. The predicted molar refractivity (Wildman–Crippen MR) is 90.5 cm³/mol. The van der Waals surface area contributed by atoms with Crippen molar-refractivity contribution >= 4 is 11.7 Å². The second kappa shape index (κ2) is 6.47. The van der Waals surface area contributed by atoms with E-state index in [4.69, 9.17) is 4.74 Å². The number of phenols is 1. The fraction of sp³-hybridized carbons (Fsp3) is 0.167. The van der Waals surface area contributed by atoms with Crippen LogP contribution in [0.5, 0.6) is 11.5 Å². The van der Waals surface area contributed by atoms with Gasteiger partial charge in [-0.25, -0.2) is 9.37 Å². The summed E-state index contributed by atoms with van der Waals surface area (Å²) in [6.07, 6.45) is 1.08. The van der Waals surface area contributed by atoms with E-state index in [1.54, 1.807) is 28.9 Å². The van der Waals surface area contributed by atoms with Crippen molar-refractivity contribution in [2.75, 3.05) is 11.4 Å². The molecule has 4 rings (SSSR count). The first-order chi connectivity index (χ1) is 12.6. The molecule has 0 aliphatic carbocycles. The molecule has 26 heavy (non-hydrogen) atoms. The summed E-state index contributed by atoms with van der Waals surface area (Å²) in [4.78, 5) is 18.2. The van der Waals surface area contributed by atoms with Crippen LogP contribution in [-0.4, -0.2) is 32.3 Å². The van der Waals surface area contributed by atoms with Crippen LogP contribution in [0.1, 0.15) is 16.2 Å². The average molecular weight is 354 g/mol. The number of nitrogens with zero attached hydrogens (tertiary/aromatic N) is 4. The van der Waals surface area contributed by atoms with E-state index in [1.807, 2.05) is 0 Å². The average Bonchev–Trinajstić information content (AvgIpc) is 3.06. The molecule has 0 unspecified atom stereocenters. The minimum atomic E-state index is -0.452. The van der Waals surface area contributed by atoms with E-state index in [1.165, 1.54) is 23.1 Å². The van der Waals surface area contributed by atoms with Crippen molar-refractivity contribution in [1.82, 2.24) is 14.8 Å². The Bertz CT molecular complexity index is 955. The summed E-state index contributed by atoms with van der Waals surface area (Å²) in [5.41, 5.74) is 0.990. The summed E-state index contributed by atoms with van der Waals surface area (Å²) in [6.45, 7) is 1.02. The number of hydrogen-bond acceptors (Lipinski definition) is 5. The molecule has 0 saturated heterocycles.